The van der Waals surface area contributed by atoms with E-state index in [1.54, 1.807) is 4.90 Å². The lowest BCUT2D eigenvalue weighted by Crippen LogP contribution is -2.44. The zero-order valence-electron chi connectivity index (χ0n) is 17.9. The first-order valence-corrected chi connectivity index (χ1v) is 11.1. The second-order valence-corrected chi connectivity index (χ2v) is 8.42. The smallest absolute Gasteiger partial charge is 0.318 e. The van der Waals surface area contributed by atoms with Crippen LogP contribution in [0.15, 0.2) is 65.0 Å². The van der Waals surface area contributed by atoms with Gasteiger partial charge in [0.2, 0.25) is 0 Å². The first-order valence-electron chi connectivity index (χ1n) is 10.1. The van der Waals surface area contributed by atoms with Gasteiger partial charge < -0.3 is 30.5 Å². The van der Waals surface area contributed by atoms with Gasteiger partial charge in [0, 0.05) is 43.1 Å². The molecule has 2 amide bonds. The number of benzene rings is 1. The Morgan fingerprint density at radius 1 is 1.23 bits per heavy atom. The number of thiophene rings is 1. The summed E-state index contributed by atoms with van der Waals surface area (Å²) in [7, 11) is 3.96. The van der Waals surface area contributed by atoms with Crippen molar-refractivity contribution in [1.82, 2.24) is 15.1 Å². The van der Waals surface area contributed by atoms with Crippen molar-refractivity contribution in [2.75, 3.05) is 44.4 Å². The van der Waals surface area contributed by atoms with Crippen molar-refractivity contribution < 1.29 is 9.59 Å². The van der Waals surface area contributed by atoms with Crippen molar-refractivity contribution >= 4 is 35.0 Å². The average molecular weight is 440 g/mol. The summed E-state index contributed by atoms with van der Waals surface area (Å²) in [6, 6.07) is 9.30. The third kappa shape index (κ3) is 6.19. The van der Waals surface area contributed by atoms with Crippen molar-refractivity contribution in [3.63, 3.8) is 0 Å². The Bertz CT molecular complexity index is 938. The molecule has 8 heteroatoms. The molecule has 3 N–H and O–H groups in total. The van der Waals surface area contributed by atoms with Gasteiger partial charge in [0.1, 0.15) is 12.3 Å². The number of likely N-dealkylation sites (N-methyl/N-ethyl adjacent to an activating group) is 1. The van der Waals surface area contributed by atoms with Crippen molar-refractivity contribution in [1.29, 1.82) is 0 Å². The minimum atomic E-state index is -0.414. The third-order valence-corrected chi connectivity index (χ3v) is 5.74. The molecule has 1 atom stereocenters. The lowest BCUT2D eigenvalue weighted by atomic mass is 10.1. The van der Waals surface area contributed by atoms with E-state index in [9.17, 15) is 9.59 Å². The van der Waals surface area contributed by atoms with Crippen LogP contribution in [0.5, 0.6) is 0 Å². The number of rotatable bonds is 9. The lowest BCUT2D eigenvalue weighted by molar-refractivity contribution is -0.108. The molecule has 0 spiro atoms. The molecule has 0 bridgehead atoms. The van der Waals surface area contributed by atoms with E-state index in [0.717, 1.165) is 29.7 Å². The van der Waals surface area contributed by atoms with Gasteiger partial charge in [-0.1, -0.05) is 42.5 Å². The van der Waals surface area contributed by atoms with E-state index in [1.807, 2.05) is 83.3 Å². The number of aldehydes is 1. The van der Waals surface area contributed by atoms with Crippen LogP contribution in [-0.2, 0) is 11.3 Å². The normalized spacial score (nSPS) is 15.6. The molecule has 3 rings (SSSR count). The predicted octanol–water partition coefficient (Wildman–Crippen LogP) is 2.93. The minimum absolute atomic E-state index is 0.126. The van der Waals surface area contributed by atoms with Gasteiger partial charge in [0.25, 0.3) is 0 Å². The molecule has 1 unspecified atom stereocenters. The van der Waals surface area contributed by atoms with E-state index in [1.165, 1.54) is 11.3 Å². The Hall–Kier alpha value is -3.10. The summed E-state index contributed by atoms with van der Waals surface area (Å²) in [5, 5.41) is 6.79. The van der Waals surface area contributed by atoms with Crippen LogP contribution in [-0.4, -0.2) is 61.9 Å². The maximum Gasteiger partial charge on any atom is 0.318 e. The molecular formula is C23H29N5O2S. The van der Waals surface area contributed by atoms with Crippen LogP contribution >= 0.6 is 11.3 Å². The lowest BCUT2D eigenvalue weighted by Gasteiger charge is -2.31. The Labute approximate surface area is 187 Å². The van der Waals surface area contributed by atoms with E-state index in [0.29, 0.717) is 25.3 Å². The van der Waals surface area contributed by atoms with Crippen LogP contribution in [0.3, 0.4) is 0 Å². The monoisotopic (exact) mass is 439 g/mol. The number of anilines is 2. The highest BCUT2D eigenvalue weighted by atomic mass is 32.1. The van der Waals surface area contributed by atoms with Crippen molar-refractivity contribution in [2.24, 2.45) is 0 Å². The molecule has 1 aromatic heterocycles. The summed E-state index contributed by atoms with van der Waals surface area (Å²) in [5.41, 5.74) is 9.49. The topological polar surface area (TPSA) is 81.9 Å². The maximum atomic E-state index is 12.9. The first kappa shape index (κ1) is 22.6. The number of hydrogen-bond donors (Lipinski definition) is 2. The van der Waals surface area contributed by atoms with E-state index in [-0.39, 0.29) is 6.03 Å². The maximum absolute atomic E-state index is 12.9. The van der Waals surface area contributed by atoms with Gasteiger partial charge in [-0.15, -0.1) is 11.3 Å². The van der Waals surface area contributed by atoms with Gasteiger partial charge in [-0.25, -0.2) is 4.79 Å². The highest BCUT2D eigenvalue weighted by Gasteiger charge is 2.22. The molecule has 31 heavy (non-hydrogen) atoms. The zero-order valence-corrected chi connectivity index (χ0v) is 18.7. The van der Waals surface area contributed by atoms with Gasteiger partial charge >= 0.3 is 6.03 Å². The van der Waals surface area contributed by atoms with Crippen LogP contribution in [0.25, 0.3) is 0 Å². The predicted molar refractivity (Wildman–Crippen MR) is 127 cm³/mol. The fraction of sp³-hybridized carbons (Fsp3) is 0.304. The molecule has 1 aliphatic heterocycles. The molecule has 2 heterocycles. The Morgan fingerprint density at radius 2 is 2.00 bits per heavy atom. The number of urea groups is 1. The largest absolute Gasteiger partial charge is 0.396 e. The van der Waals surface area contributed by atoms with Gasteiger partial charge in [-0.3, -0.25) is 0 Å². The van der Waals surface area contributed by atoms with Crippen LogP contribution in [0, 0.1) is 0 Å². The van der Waals surface area contributed by atoms with E-state index < -0.39 is 6.04 Å². The van der Waals surface area contributed by atoms with Gasteiger partial charge in [-0.05, 0) is 25.2 Å². The molecule has 0 aliphatic carbocycles. The molecule has 2 aromatic rings. The summed E-state index contributed by atoms with van der Waals surface area (Å²) in [6.07, 6.45) is 6.54. The van der Waals surface area contributed by atoms with Gasteiger partial charge in [0.05, 0.1) is 11.4 Å². The number of nitrogens with zero attached hydrogens (tertiary/aromatic N) is 3. The molecule has 7 nitrogen and oxygen atoms in total. The van der Waals surface area contributed by atoms with Crippen LogP contribution in [0.4, 0.5) is 16.2 Å². The number of carbonyl (C=O) groups is 2. The van der Waals surface area contributed by atoms with E-state index in [4.69, 9.17) is 5.73 Å². The number of nitrogen functional groups attached to an aromatic ring is 1. The molecular weight excluding hydrogens is 410 g/mol. The second kappa shape index (κ2) is 10.8. The SMILES string of the molecule is CN(C)CCN(CC1=CN(c2cscc2N)C(C=O)C=C1)C(=O)NCc1ccccc1. The third-order valence-electron chi connectivity index (χ3n) is 4.99. The van der Waals surface area contributed by atoms with Crippen LogP contribution < -0.4 is 16.0 Å². The number of nitrogens with two attached hydrogens (primary N) is 1. The number of carbonyl (C=O) groups excluding carboxylic acids is 2. The second-order valence-electron chi connectivity index (χ2n) is 7.68. The first-order chi connectivity index (χ1) is 15.0. The fourth-order valence-corrected chi connectivity index (χ4v) is 3.97. The van der Waals surface area contributed by atoms with Crippen LogP contribution in [0.1, 0.15) is 5.56 Å². The van der Waals surface area contributed by atoms with E-state index >= 15 is 0 Å². The standard InChI is InChI=1S/C23H29N5O2S/c1-26(2)10-11-27(23(30)25-12-18-6-4-3-5-7-18)13-19-8-9-20(15-29)28(14-19)22-17-31-16-21(22)24/h3-9,14-17,20H,10-13,24H2,1-2H3,(H,25,30). The molecule has 164 valence electrons. The molecule has 0 saturated carbocycles. The van der Waals surface area contributed by atoms with E-state index in [2.05, 4.69) is 5.32 Å². The minimum Gasteiger partial charge on any atom is -0.396 e. The molecule has 1 aromatic carbocycles. The quantitative estimate of drug-likeness (QED) is 0.587. The summed E-state index contributed by atoms with van der Waals surface area (Å²) < 4.78 is 0. The molecule has 0 fully saturated rings. The average Bonchev–Trinajstić information content (AvgIpc) is 3.21. The Morgan fingerprint density at radius 3 is 2.65 bits per heavy atom. The van der Waals surface area contributed by atoms with Crippen molar-refractivity contribution in [3.05, 3.63) is 70.6 Å². The summed E-state index contributed by atoms with van der Waals surface area (Å²) in [5.74, 6) is 0. The number of nitrogens with one attached hydrogen (secondary N) is 1. The Balaban J connectivity index is 1.73. The fourth-order valence-electron chi connectivity index (χ4n) is 3.25. The summed E-state index contributed by atoms with van der Waals surface area (Å²) in [4.78, 5) is 30.2. The van der Waals surface area contributed by atoms with Gasteiger partial charge in [-0.2, -0.15) is 0 Å². The molecule has 0 saturated heterocycles. The summed E-state index contributed by atoms with van der Waals surface area (Å²) >= 11 is 1.49. The highest BCUT2D eigenvalue weighted by Crippen LogP contribution is 2.31. The Kier molecular flexibility index (Phi) is 7.86. The summed E-state index contributed by atoms with van der Waals surface area (Å²) in [6.45, 7) is 2.22. The molecule has 1 aliphatic rings. The van der Waals surface area contributed by atoms with Crippen molar-refractivity contribution in [3.8, 4) is 0 Å². The zero-order chi connectivity index (χ0) is 22.2. The van der Waals surface area contributed by atoms with Gasteiger partial charge in [0.15, 0.2) is 0 Å². The number of amides is 2. The van der Waals surface area contributed by atoms with Crippen LogP contribution in [0.2, 0.25) is 0 Å². The highest BCUT2D eigenvalue weighted by molar-refractivity contribution is 7.08. The molecule has 0 radical (unpaired) electrons. The number of hydrogen-bond acceptors (Lipinski definition) is 6. The van der Waals surface area contributed by atoms with Crippen molar-refractivity contribution in [2.45, 2.75) is 12.6 Å².